The highest BCUT2D eigenvalue weighted by Gasteiger charge is 2.42. The van der Waals surface area contributed by atoms with Crippen molar-refractivity contribution in [2.45, 2.75) is 44.7 Å². The fraction of sp³-hybridized carbons (Fsp3) is 0.310. The molecule has 3 aliphatic rings. The van der Waals surface area contributed by atoms with E-state index in [9.17, 15) is 19.5 Å². The molecule has 1 aromatic heterocycles. The molecule has 2 unspecified atom stereocenters. The highest BCUT2D eigenvalue weighted by molar-refractivity contribution is 8.30. The monoisotopic (exact) mass is 593 g/mol. The SMILES string of the molecule is CCN1C(=O)/C(=c2/s/c(=C/c3ccc4c(c3)C3CCCC3N4c3ccc(OC)cc3)c(=O)n2CC(=O)O)SC1=S. The van der Waals surface area contributed by atoms with Gasteiger partial charge in [-0.05, 0) is 73.4 Å². The number of thioether (sulfide) groups is 1. The van der Waals surface area contributed by atoms with Crippen molar-refractivity contribution < 1.29 is 19.4 Å². The van der Waals surface area contributed by atoms with Crippen molar-refractivity contribution in [1.82, 2.24) is 9.47 Å². The lowest BCUT2D eigenvalue weighted by atomic mass is 9.96. The zero-order valence-corrected chi connectivity index (χ0v) is 24.4. The van der Waals surface area contributed by atoms with Crippen LogP contribution >= 0.6 is 35.3 Å². The van der Waals surface area contributed by atoms with E-state index in [1.165, 1.54) is 20.7 Å². The number of benzene rings is 2. The van der Waals surface area contributed by atoms with Crippen molar-refractivity contribution in [3.63, 3.8) is 0 Å². The zero-order chi connectivity index (χ0) is 28.1. The number of hydrogen-bond acceptors (Lipinski definition) is 8. The van der Waals surface area contributed by atoms with E-state index in [4.69, 9.17) is 17.0 Å². The first-order chi connectivity index (χ1) is 19.3. The molecule has 1 saturated carbocycles. The van der Waals surface area contributed by atoms with E-state index in [2.05, 4.69) is 29.2 Å². The number of rotatable bonds is 6. The van der Waals surface area contributed by atoms with Crippen LogP contribution in [0.25, 0.3) is 11.0 Å². The number of aromatic nitrogens is 1. The molecular weight excluding hydrogens is 567 g/mol. The summed E-state index contributed by atoms with van der Waals surface area (Å²) in [6, 6.07) is 14.8. The van der Waals surface area contributed by atoms with Gasteiger partial charge in [0.25, 0.3) is 11.5 Å². The van der Waals surface area contributed by atoms with Gasteiger partial charge < -0.3 is 14.7 Å². The van der Waals surface area contributed by atoms with Crippen molar-refractivity contribution in [2.75, 3.05) is 18.6 Å². The predicted molar refractivity (Wildman–Crippen MR) is 162 cm³/mol. The molecule has 0 bridgehead atoms. The molecule has 3 aromatic rings. The van der Waals surface area contributed by atoms with Crippen molar-refractivity contribution in [2.24, 2.45) is 0 Å². The predicted octanol–water partition coefficient (Wildman–Crippen LogP) is 3.61. The lowest BCUT2D eigenvalue weighted by Crippen LogP contribution is -2.35. The summed E-state index contributed by atoms with van der Waals surface area (Å²) >= 11 is 7.59. The molecule has 3 heterocycles. The Kier molecular flexibility index (Phi) is 7.05. The largest absolute Gasteiger partial charge is 0.497 e. The van der Waals surface area contributed by atoms with Gasteiger partial charge in [-0.15, -0.1) is 11.3 Å². The van der Waals surface area contributed by atoms with Gasteiger partial charge in [-0.3, -0.25) is 23.9 Å². The van der Waals surface area contributed by atoms with Crippen LogP contribution in [0, 0.1) is 0 Å². The minimum absolute atomic E-state index is 0.298. The number of carboxylic acids is 1. The molecule has 8 nitrogen and oxygen atoms in total. The Morgan fingerprint density at radius 1 is 1.18 bits per heavy atom. The molecule has 2 fully saturated rings. The summed E-state index contributed by atoms with van der Waals surface area (Å²) in [6.07, 6.45) is 5.17. The summed E-state index contributed by atoms with van der Waals surface area (Å²) in [5, 5.41) is 9.50. The van der Waals surface area contributed by atoms with Crippen LogP contribution < -0.4 is 24.4 Å². The lowest BCUT2D eigenvalue weighted by molar-refractivity contribution is -0.137. The number of ether oxygens (including phenoxy) is 1. The summed E-state index contributed by atoms with van der Waals surface area (Å²) in [7, 11) is 1.66. The number of anilines is 2. The Balaban J connectivity index is 1.45. The van der Waals surface area contributed by atoms with E-state index in [-0.39, 0.29) is 5.91 Å². The Morgan fingerprint density at radius 3 is 2.62 bits per heavy atom. The molecule has 1 N–H and O–H groups in total. The molecule has 1 saturated heterocycles. The number of thiocarbonyl (C=S) groups is 1. The van der Waals surface area contributed by atoms with Gasteiger partial charge in [-0.25, -0.2) is 0 Å². The maximum Gasteiger partial charge on any atom is 0.323 e. The molecule has 40 heavy (non-hydrogen) atoms. The van der Waals surface area contributed by atoms with E-state index in [1.54, 1.807) is 13.2 Å². The third-order valence-corrected chi connectivity index (χ3v) is 10.4. The first-order valence-electron chi connectivity index (χ1n) is 13.1. The topological polar surface area (TPSA) is 92.1 Å². The minimum Gasteiger partial charge on any atom is -0.497 e. The number of nitrogens with zero attached hydrogens (tertiary/aromatic N) is 3. The highest BCUT2D eigenvalue weighted by Crippen LogP contribution is 2.52. The van der Waals surface area contributed by atoms with Gasteiger partial charge in [0, 0.05) is 29.9 Å². The van der Waals surface area contributed by atoms with E-state index in [0.717, 1.165) is 59.4 Å². The van der Waals surface area contributed by atoms with E-state index >= 15 is 0 Å². The quantitative estimate of drug-likeness (QED) is 0.434. The summed E-state index contributed by atoms with van der Waals surface area (Å²) < 4.78 is 7.63. The Morgan fingerprint density at radius 2 is 1.95 bits per heavy atom. The third kappa shape index (κ3) is 4.46. The van der Waals surface area contributed by atoms with Crippen LogP contribution in [0.1, 0.15) is 43.2 Å². The third-order valence-electron chi connectivity index (χ3n) is 7.73. The smallest absolute Gasteiger partial charge is 0.323 e. The average Bonchev–Trinajstić information content (AvgIpc) is 3.67. The van der Waals surface area contributed by atoms with Gasteiger partial charge in [0.05, 0.1) is 11.6 Å². The highest BCUT2D eigenvalue weighted by atomic mass is 32.2. The fourth-order valence-corrected chi connectivity index (χ4v) is 8.60. The molecule has 0 radical (unpaired) electrons. The number of carboxylic acid groups (broad SMARTS) is 1. The average molecular weight is 594 g/mol. The van der Waals surface area contributed by atoms with Gasteiger partial charge in [0.1, 0.15) is 26.2 Å². The number of carbonyl (C=O) groups is 2. The van der Waals surface area contributed by atoms with Gasteiger partial charge >= 0.3 is 5.97 Å². The minimum atomic E-state index is -1.15. The van der Waals surface area contributed by atoms with Crippen LogP contribution in [0.4, 0.5) is 11.4 Å². The number of aliphatic carboxylic acids is 1. The normalized spacial score (nSPS) is 21.8. The molecule has 2 aromatic carbocycles. The van der Waals surface area contributed by atoms with Gasteiger partial charge in [0.2, 0.25) is 0 Å². The second-order valence-corrected chi connectivity index (χ2v) is 12.6. The zero-order valence-electron chi connectivity index (χ0n) is 22.0. The maximum absolute atomic E-state index is 13.4. The first-order valence-corrected chi connectivity index (χ1v) is 15.1. The Bertz CT molecular complexity index is 1730. The molecular formula is C29H27N3O5S3. The van der Waals surface area contributed by atoms with E-state index in [1.807, 2.05) is 25.1 Å². The molecule has 1 aliphatic carbocycles. The van der Waals surface area contributed by atoms with Crippen molar-refractivity contribution in [3.8, 4) is 5.75 Å². The van der Waals surface area contributed by atoms with Crippen molar-refractivity contribution in [1.29, 1.82) is 0 Å². The van der Waals surface area contributed by atoms with Gasteiger partial charge in [-0.1, -0.05) is 36.5 Å². The fourth-order valence-electron chi connectivity index (χ4n) is 5.96. The Labute approximate surface area is 244 Å². The summed E-state index contributed by atoms with van der Waals surface area (Å²) in [6.45, 7) is 1.70. The number of thiazole rings is 1. The lowest BCUT2D eigenvalue weighted by Gasteiger charge is -2.27. The van der Waals surface area contributed by atoms with E-state index < -0.39 is 18.1 Å². The van der Waals surface area contributed by atoms with Crippen molar-refractivity contribution >= 4 is 73.9 Å². The second kappa shape index (κ2) is 10.5. The number of fused-ring (bicyclic) bond motifs is 3. The Hall–Kier alpha value is -3.41. The molecule has 11 heteroatoms. The molecule has 6 rings (SSSR count). The summed E-state index contributed by atoms with van der Waals surface area (Å²) in [4.78, 5) is 42.2. The van der Waals surface area contributed by atoms with Crippen LogP contribution in [0.2, 0.25) is 0 Å². The standard InChI is InChI=1S/C29H27N3O5S3/c1-3-30-27(36)25(40-29(30)38)28-31(15-24(33)34)26(35)23(39-28)14-16-7-12-22-20(13-16)19-5-4-6-21(19)32(22)17-8-10-18(37-2)11-9-17/h7-14,19,21H,3-6,15H2,1-2H3,(H,33,34)/b23-14+,28-25-. The maximum atomic E-state index is 13.4. The molecule has 0 spiro atoms. The number of methoxy groups -OCH3 is 1. The summed E-state index contributed by atoms with van der Waals surface area (Å²) in [5.74, 6) is -0.229. The number of amides is 1. The molecule has 206 valence electrons. The van der Waals surface area contributed by atoms with Crippen LogP contribution in [-0.4, -0.2) is 50.5 Å². The second-order valence-electron chi connectivity index (χ2n) is 9.94. The van der Waals surface area contributed by atoms with Crippen molar-refractivity contribution in [3.05, 3.63) is 73.1 Å². The number of hydrogen-bond donors (Lipinski definition) is 1. The molecule has 2 atom stereocenters. The van der Waals surface area contributed by atoms with Crippen LogP contribution in [-0.2, 0) is 16.1 Å². The van der Waals surface area contributed by atoms with Crippen LogP contribution in [0.5, 0.6) is 5.75 Å². The first kappa shape index (κ1) is 26.8. The van der Waals surface area contributed by atoms with Gasteiger partial charge in [0.15, 0.2) is 0 Å². The summed E-state index contributed by atoms with van der Waals surface area (Å²) in [5.41, 5.74) is 4.00. The van der Waals surface area contributed by atoms with Gasteiger partial charge in [-0.2, -0.15) is 0 Å². The molecule has 1 amide bonds. The van der Waals surface area contributed by atoms with Crippen LogP contribution in [0.3, 0.4) is 0 Å². The van der Waals surface area contributed by atoms with E-state index in [0.29, 0.717) is 36.9 Å². The molecule has 2 aliphatic heterocycles. The van der Waals surface area contributed by atoms with Crippen LogP contribution in [0.15, 0.2) is 47.3 Å². The number of carbonyl (C=O) groups excluding carboxylic acids is 1.